The van der Waals surface area contributed by atoms with Crippen LogP contribution in [-0.2, 0) is 0 Å². The van der Waals surface area contributed by atoms with Crippen molar-refractivity contribution in [1.29, 1.82) is 0 Å². The lowest BCUT2D eigenvalue weighted by molar-refractivity contribution is 0.815. The van der Waals surface area contributed by atoms with Gasteiger partial charge in [-0.1, -0.05) is 74.4 Å². The van der Waals surface area contributed by atoms with Crippen molar-refractivity contribution in [3.05, 3.63) is 65.7 Å². The summed E-state index contributed by atoms with van der Waals surface area (Å²) in [7, 11) is 0. The molecule has 2 aromatic carbocycles. The molecule has 2 aromatic rings. The Hall–Kier alpha value is -1.82. The molecule has 0 aromatic heterocycles. The van der Waals surface area contributed by atoms with Gasteiger partial charge in [0.25, 0.3) is 0 Å². The lowest BCUT2D eigenvalue weighted by atomic mass is 10.0. The maximum Gasteiger partial charge on any atom is -0.00991 e. The summed E-state index contributed by atoms with van der Waals surface area (Å²) in [5.74, 6) is 0. The second kappa shape index (κ2) is 4.81. The fraction of sp³-hybridized carbons (Fsp3) is 0.222. The van der Waals surface area contributed by atoms with E-state index in [2.05, 4.69) is 61.5 Å². The largest absolute Gasteiger partial charge is 0.0760 e. The van der Waals surface area contributed by atoms with E-state index in [-0.39, 0.29) is 0 Å². The summed E-state index contributed by atoms with van der Waals surface area (Å²) in [6.45, 7) is 2.25. The molecule has 0 heterocycles. The average molecular weight is 234 g/mol. The molecule has 0 nitrogen and oxygen atoms in total. The van der Waals surface area contributed by atoms with Crippen molar-refractivity contribution >= 4 is 5.57 Å². The predicted molar refractivity (Wildman–Crippen MR) is 78.5 cm³/mol. The number of benzene rings is 2. The zero-order chi connectivity index (χ0) is 12.4. The first kappa shape index (κ1) is 11.3. The van der Waals surface area contributed by atoms with Crippen LogP contribution in [0.5, 0.6) is 0 Å². The fourth-order valence-electron chi connectivity index (χ4n) is 2.72. The molecule has 0 aliphatic heterocycles. The van der Waals surface area contributed by atoms with Crippen LogP contribution >= 0.6 is 0 Å². The van der Waals surface area contributed by atoms with Gasteiger partial charge in [-0.25, -0.2) is 0 Å². The van der Waals surface area contributed by atoms with Gasteiger partial charge in [0.2, 0.25) is 0 Å². The van der Waals surface area contributed by atoms with E-state index in [1.807, 2.05) is 0 Å². The van der Waals surface area contributed by atoms with Gasteiger partial charge in [0.1, 0.15) is 0 Å². The van der Waals surface area contributed by atoms with Crippen LogP contribution in [0.3, 0.4) is 0 Å². The number of fused-ring (bicyclic) bond motifs is 3. The first-order valence-electron chi connectivity index (χ1n) is 6.81. The minimum Gasteiger partial charge on any atom is -0.0760 e. The summed E-state index contributed by atoms with van der Waals surface area (Å²) < 4.78 is 0. The second-order valence-corrected chi connectivity index (χ2v) is 4.85. The summed E-state index contributed by atoms with van der Waals surface area (Å²) in [6, 6.07) is 17.5. The van der Waals surface area contributed by atoms with Crippen molar-refractivity contribution < 1.29 is 0 Å². The highest BCUT2D eigenvalue weighted by Crippen LogP contribution is 2.43. The van der Waals surface area contributed by atoms with Gasteiger partial charge in [-0.05, 0) is 34.2 Å². The second-order valence-electron chi connectivity index (χ2n) is 4.85. The Balaban J connectivity index is 2.12. The zero-order valence-electron chi connectivity index (χ0n) is 10.8. The Morgan fingerprint density at radius 3 is 1.78 bits per heavy atom. The topological polar surface area (TPSA) is 0 Å². The van der Waals surface area contributed by atoms with Crippen LogP contribution in [0.2, 0.25) is 0 Å². The van der Waals surface area contributed by atoms with Gasteiger partial charge >= 0.3 is 0 Å². The first-order chi connectivity index (χ1) is 8.92. The Morgan fingerprint density at radius 2 is 1.28 bits per heavy atom. The first-order valence-corrected chi connectivity index (χ1v) is 6.81. The smallest absolute Gasteiger partial charge is 0.00991 e. The molecule has 0 amide bonds. The maximum atomic E-state index is 2.41. The molecule has 0 heteroatoms. The standard InChI is InChI=1S/C18H18/c1-2-3-4-9-14-15-10-5-7-12-17(15)18-13-8-6-11-16(14)18/h5-13H,2-4H2,1H3. The van der Waals surface area contributed by atoms with Crippen molar-refractivity contribution in [3.63, 3.8) is 0 Å². The highest BCUT2D eigenvalue weighted by atomic mass is 14.2. The molecule has 0 bridgehead atoms. The summed E-state index contributed by atoms with van der Waals surface area (Å²) in [5, 5.41) is 0. The van der Waals surface area contributed by atoms with Crippen molar-refractivity contribution in [3.8, 4) is 11.1 Å². The van der Waals surface area contributed by atoms with Crippen molar-refractivity contribution in [2.45, 2.75) is 26.2 Å². The van der Waals surface area contributed by atoms with Gasteiger partial charge < -0.3 is 0 Å². The molecular formula is C18H18. The SMILES string of the molecule is CCCCC=C1c2ccccc2-c2ccccc21. The van der Waals surface area contributed by atoms with Gasteiger partial charge in [0.05, 0.1) is 0 Å². The van der Waals surface area contributed by atoms with E-state index >= 15 is 0 Å². The van der Waals surface area contributed by atoms with Crippen LogP contribution in [0.15, 0.2) is 54.6 Å². The molecule has 0 atom stereocenters. The quantitative estimate of drug-likeness (QED) is 0.540. The van der Waals surface area contributed by atoms with Crippen molar-refractivity contribution in [2.24, 2.45) is 0 Å². The van der Waals surface area contributed by atoms with Crippen LogP contribution < -0.4 is 0 Å². The van der Waals surface area contributed by atoms with E-state index in [0.717, 1.165) is 0 Å². The third-order valence-corrected chi connectivity index (χ3v) is 3.63. The Bertz CT molecular complexity index is 543. The monoisotopic (exact) mass is 234 g/mol. The molecule has 0 radical (unpaired) electrons. The van der Waals surface area contributed by atoms with Gasteiger partial charge in [-0.3, -0.25) is 0 Å². The van der Waals surface area contributed by atoms with Crippen LogP contribution in [0.4, 0.5) is 0 Å². The van der Waals surface area contributed by atoms with Crippen LogP contribution in [0, 0.1) is 0 Å². The Morgan fingerprint density at radius 1 is 0.778 bits per heavy atom. The lowest BCUT2D eigenvalue weighted by Crippen LogP contribution is -1.81. The predicted octanol–water partition coefficient (Wildman–Crippen LogP) is 5.29. The van der Waals surface area contributed by atoms with Gasteiger partial charge in [0.15, 0.2) is 0 Å². The molecule has 90 valence electrons. The highest BCUT2D eigenvalue weighted by Gasteiger charge is 2.21. The van der Waals surface area contributed by atoms with E-state index in [4.69, 9.17) is 0 Å². The van der Waals surface area contributed by atoms with Crippen LogP contribution in [0.25, 0.3) is 16.7 Å². The van der Waals surface area contributed by atoms with Gasteiger partial charge in [-0.2, -0.15) is 0 Å². The minimum absolute atomic E-state index is 1.18. The number of hydrogen-bond acceptors (Lipinski definition) is 0. The number of unbranched alkanes of at least 4 members (excludes halogenated alkanes) is 2. The molecule has 1 aliphatic rings. The summed E-state index contributed by atoms with van der Waals surface area (Å²) in [5.41, 5.74) is 6.99. The molecular weight excluding hydrogens is 216 g/mol. The summed E-state index contributed by atoms with van der Waals surface area (Å²) in [4.78, 5) is 0. The summed E-state index contributed by atoms with van der Waals surface area (Å²) in [6.07, 6.45) is 6.11. The number of rotatable bonds is 3. The highest BCUT2D eigenvalue weighted by molar-refractivity contribution is 6.00. The van der Waals surface area contributed by atoms with Crippen molar-refractivity contribution in [2.75, 3.05) is 0 Å². The summed E-state index contributed by atoms with van der Waals surface area (Å²) >= 11 is 0. The molecule has 0 saturated heterocycles. The van der Waals surface area contributed by atoms with Gasteiger partial charge in [0, 0.05) is 0 Å². The zero-order valence-corrected chi connectivity index (χ0v) is 10.8. The van der Waals surface area contributed by atoms with E-state index in [1.54, 1.807) is 0 Å². The average Bonchev–Trinajstić information content (AvgIpc) is 2.74. The Labute approximate surface area is 109 Å². The fourth-order valence-corrected chi connectivity index (χ4v) is 2.72. The van der Waals surface area contributed by atoms with Crippen LogP contribution in [0.1, 0.15) is 37.3 Å². The number of hydrogen-bond donors (Lipinski definition) is 0. The molecule has 3 rings (SSSR count). The lowest BCUT2D eigenvalue weighted by Gasteiger charge is -2.02. The van der Waals surface area contributed by atoms with E-state index in [9.17, 15) is 0 Å². The van der Waals surface area contributed by atoms with Crippen LogP contribution in [-0.4, -0.2) is 0 Å². The normalized spacial score (nSPS) is 12.2. The van der Waals surface area contributed by atoms with E-state index in [1.165, 1.54) is 47.1 Å². The molecule has 0 fully saturated rings. The van der Waals surface area contributed by atoms with E-state index < -0.39 is 0 Å². The minimum atomic E-state index is 1.18. The Kier molecular flexibility index (Phi) is 3.02. The van der Waals surface area contributed by atoms with Gasteiger partial charge in [-0.15, -0.1) is 0 Å². The number of allylic oxidation sites excluding steroid dienone is 1. The molecule has 18 heavy (non-hydrogen) atoms. The maximum absolute atomic E-state index is 2.41. The third kappa shape index (κ3) is 1.78. The molecule has 0 N–H and O–H groups in total. The van der Waals surface area contributed by atoms with E-state index in [0.29, 0.717) is 0 Å². The third-order valence-electron chi connectivity index (χ3n) is 3.63. The molecule has 0 unspecified atom stereocenters. The molecule has 0 spiro atoms. The molecule has 1 aliphatic carbocycles. The van der Waals surface area contributed by atoms with Crippen molar-refractivity contribution in [1.82, 2.24) is 0 Å². The molecule has 0 saturated carbocycles.